The number of furan rings is 1. The van der Waals surface area contributed by atoms with Crippen LogP contribution in [0.5, 0.6) is 0 Å². The number of nitrogens with two attached hydrogens (primary N) is 2. The molecule has 0 atom stereocenters. The maximum Gasteiger partial charge on any atom is 1.00 e. The van der Waals surface area contributed by atoms with Gasteiger partial charge in [0.2, 0.25) is 15.9 Å². The van der Waals surface area contributed by atoms with Gasteiger partial charge in [-0.05, 0) is 18.2 Å². The van der Waals surface area contributed by atoms with Crippen molar-refractivity contribution in [3.05, 3.63) is 48.0 Å². The second-order valence-corrected chi connectivity index (χ2v) is 6.13. The first-order chi connectivity index (χ1) is 9.77. The molecule has 0 aliphatic rings. The third-order valence-corrected chi connectivity index (χ3v) is 2.67. The van der Waals surface area contributed by atoms with Crippen molar-refractivity contribution in [2.24, 2.45) is 10.9 Å². The standard InChI is InChI=1S/C13H9NO2.CH5NO2S.Na.H/c14-13(15)9-5-3-7-11-12(9)8-4-1-2-6-10(8)16-11;1-5(2,3)4;;/h1-7H,(H2,14,15);1H3,(H2,2,3,4);;/q;;+1;-1. The summed E-state index contributed by atoms with van der Waals surface area (Å²) in [5.41, 5.74) is 7.31. The Morgan fingerprint density at radius 2 is 1.64 bits per heavy atom. The minimum absolute atomic E-state index is 0. The Morgan fingerprint density at radius 1 is 1.09 bits per heavy atom. The van der Waals surface area contributed by atoms with Gasteiger partial charge in [0.15, 0.2) is 0 Å². The minimum atomic E-state index is -3.17. The molecule has 1 aromatic heterocycles. The second kappa shape index (κ2) is 7.26. The van der Waals surface area contributed by atoms with E-state index in [1.54, 1.807) is 12.1 Å². The number of primary sulfonamides is 1. The molecule has 3 rings (SSSR count). The molecule has 4 N–H and O–H groups in total. The van der Waals surface area contributed by atoms with Crippen LogP contribution >= 0.6 is 0 Å². The maximum atomic E-state index is 11.3. The monoisotopic (exact) mass is 330 g/mol. The van der Waals surface area contributed by atoms with E-state index in [0.29, 0.717) is 11.1 Å². The number of sulfonamides is 1. The number of hydrogen-bond acceptors (Lipinski definition) is 4. The number of carbonyl (C=O) groups excluding carboxylic acids is 1. The average Bonchev–Trinajstić information content (AvgIpc) is 2.74. The van der Waals surface area contributed by atoms with Crippen molar-refractivity contribution in [3.63, 3.8) is 0 Å². The third kappa shape index (κ3) is 4.56. The molecule has 0 bridgehead atoms. The van der Waals surface area contributed by atoms with E-state index in [0.717, 1.165) is 22.6 Å². The van der Waals surface area contributed by atoms with Crippen molar-refractivity contribution >= 4 is 37.9 Å². The molecule has 2 aromatic carbocycles. The molecule has 8 heteroatoms. The van der Waals surface area contributed by atoms with Crippen molar-refractivity contribution in [1.82, 2.24) is 0 Å². The molecule has 0 radical (unpaired) electrons. The summed E-state index contributed by atoms with van der Waals surface area (Å²) in [4.78, 5) is 11.3. The smallest absolute Gasteiger partial charge is 1.00 e. The van der Waals surface area contributed by atoms with E-state index in [4.69, 9.17) is 10.2 Å². The number of fused-ring (bicyclic) bond motifs is 3. The van der Waals surface area contributed by atoms with Crippen LogP contribution in [0.25, 0.3) is 21.9 Å². The first-order valence-corrected chi connectivity index (χ1v) is 7.90. The van der Waals surface area contributed by atoms with Crippen molar-refractivity contribution in [1.29, 1.82) is 0 Å². The molecule has 0 aliphatic carbocycles. The third-order valence-electron chi connectivity index (χ3n) is 2.67. The van der Waals surface area contributed by atoms with Gasteiger partial charge in [0, 0.05) is 10.8 Å². The SMILES string of the molecule is CS(N)(=O)=O.NC(=O)c1cccc2oc3ccccc3c12.[H-].[Na+]. The van der Waals surface area contributed by atoms with E-state index < -0.39 is 15.9 Å². The summed E-state index contributed by atoms with van der Waals surface area (Å²) < 4.78 is 24.5. The Labute approximate surface area is 151 Å². The number of amides is 1. The van der Waals surface area contributed by atoms with Crippen molar-refractivity contribution in [3.8, 4) is 0 Å². The van der Waals surface area contributed by atoms with Crippen LogP contribution in [0.2, 0.25) is 0 Å². The van der Waals surface area contributed by atoms with Crippen LogP contribution in [0.3, 0.4) is 0 Å². The van der Waals surface area contributed by atoms with Gasteiger partial charge in [0.05, 0.1) is 11.8 Å². The van der Waals surface area contributed by atoms with Gasteiger partial charge in [0.1, 0.15) is 11.2 Å². The summed E-state index contributed by atoms with van der Waals surface area (Å²) >= 11 is 0. The van der Waals surface area contributed by atoms with Crippen LogP contribution in [0.15, 0.2) is 46.9 Å². The fraction of sp³-hybridized carbons (Fsp3) is 0.0714. The number of rotatable bonds is 1. The molecule has 0 saturated carbocycles. The van der Waals surface area contributed by atoms with Gasteiger partial charge in [-0.15, -0.1) is 0 Å². The fourth-order valence-corrected chi connectivity index (χ4v) is 1.98. The molecule has 0 spiro atoms. The van der Waals surface area contributed by atoms with Gasteiger partial charge >= 0.3 is 29.6 Å². The molecular formula is C14H15N2NaO4S. The average molecular weight is 330 g/mol. The zero-order chi connectivity index (χ0) is 15.6. The minimum Gasteiger partial charge on any atom is -1.00 e. The summed E-state index contributed by atoms with van der Waals surface area (Å²) in [6.45, 7) is 0. The van der Waals surface area contributed by atoms with Gasteiger partial charge in [-0.1, -0.05) is 24.3 Å². The van der Waals surface area contributed by atoms with Crippen LogP contribution in [0.4, 0.5) is 0 Å². The molecule has 1 heterocycles. The van der Waals surface area contributed by atoms with Gasteiger partial charge in [-0.3, -0.25) is 4.79 Å². The molecule has 112 valence electrons. The largest absolute Gasteiger partial charge is 1.00 e. The molecule has 0 fully saturated rings. The Hall–Kier alpha value is -1.38. The van der Waals surface area contributed by atoms with Crippen LogP contribution in [-0.2, 0) is 10.0 Å². The Kier molecular flexibility index (Phi) is 6.16. The second-order valence-electron chi connectivity index (χ2n) is 4.47. The molecule has 6 nitrogen and oxygen atoms in total. The van der Waals surface area contributed by atoms with E-state index in [9.17, 15) is 13.2 Å². The van der Waals surface area contributed by atoms with E-state index in [1.807, 2.05) is 30.3 Å². The van der Waals surface area contributed by atoms with Crippen LogP contribution in [0.1, 0.15) is 11.8 Å². The zero-order valence-corrected chi connectivity index (χ0v) is 15.1. The number of para-hydroxylation sites is 1. The molecule has 1 amide bonds. The number of primary amides is 1. The first kappa shape index (κ1) is 18.7. The first-order valence-electron chi connectivity index (χ1n) is 5.95. The Balaban J connectivity index is 0.000000615. The quantitative estimate of drug-likeness (QED) is 0.540. The van der Waals surface area contributed by atoms with Crippen LogP contribution < -0.4 is 40.4 Å². The van der Waals surface area contributed by atoms with Crippen LogP contribution in [-0.4, -0.2) is 20.6 Å². The topological polar surface area (TPSA) is 116 Å². The molecular weight excluding hydrogens is 315 g/mol. The van der Waals surface area contributed by atoms with Crippen molar-refractivity contribution in [2.75, 3.05) is 6.26 Å². The molecule has 0 unspecified atom stereocenters. The molecule has 0 aliphatic heterocycles. The molecule has 3 aromatic rings. The predicted octanol–water partition coefficient (Wildman–Crippen LogP) is -1.29. The fourth-order valence-electron chi connectivity index (χ4n) is 1.98. The summed E-state index contributed by atoms with van der Waals surface area (Å²) in [6.07, 6.45) is 0.938. The van der Waals surface area contributed by atoms with Crippen LogP contribution in [0, 0.1) is 0 Å². The van der Waals surface area contributed by atoms with Gasteiger partial charge in [-0.2, -0.15) is 0 Å². The van der Waals surface area contributed by atoms with Crippen molar-refractivity contribution < 1.29 is 48.6 Å². The maximum absolute atomic E-state index is 11.3. The summed E-state index contributed by atoms with van der Waals surface area (Å²) in [5, 5.41) is 6.05. The van der Waals surface area contributed by atoms with Gasteiger partial charge < -0.3 is 11.6 Å². The normalized spacial score (nSPS) is 10.6. The Bertz CT molecular complexity index is 917. The van der Waals surface area contributed by atoms with E-state index in [2.05, 4.69) is 5.14 Å². The van der Waals surface area contributed by atoms with Crippen molar-refractivity contribution in [2.45, 2.75) is 0 Å². The van der Waals surface area contributed by atoms with E-state index in [1.165, 1.54) is 0 Å². The predicted molar refractivity (Wildman–Crippen MR) is 82.4 cm³/mol. The summed E-state index contributed by atoms with van der Waals surface area (Å²) in [6, 6.07) is 12.9. The number of carbonyl (C=O) groups is 1. The number of benzene rings is 2. The van der Waals surface area contributed by atoms with E-state index >= 15 is 0 Å². The summed E-state index contributed by atoms with van der Waals surface area (Å²) in [7, 11) is -3.17. The van der Waals surface area contributed by atoms with Gasteiger partial charge in [-0.25, -0.2) is 13.6 Å². The van der Waals surface area contributed by atoms with Gasteiger partial charge in [0.25, 0.3) is 0 Å². The number of hydrogen-bond donors (Lipinski definition) is 2. The summed E-state index contributed by atoms with van der Waals surface area (Å²) in [5.74, 6) is -0.433. The van der Waals surface area contributed by atoms with E-state index in [-0.39, 0.29) is 31.0 Å². The zero-order valence-electron chi connectivity index (χ0n) is 13.2. The molecule has 22 heavy (non-hydrogen) atoms. The molecule has 0 saturated heterocycles. The Morgan fingerprint density at radius 3 is 2.23 bits per heavy atom.